The van der Waals surface area contributed by atoms with E-state index >= 15 is 0 Å². The number of carbonyl (C=O) groups is 1. The largest absolute Gasteiger partial charge is 0.345 e. The first kappa shape index (κ1) is 19.6. The molecule has 25 heavy (non-hydrogen) atoms. The van der Waals surface area contributed by atoms with E-state index < -0.39 is 0 Å². The molecule has 0 unspecified atom stereocenters. The standard InChI is InChI=1S/C21H29ClN2O/c1-5-8-21(25)24(17(4)16(2)3)15-20-11-7-12-23(20)14-18-9-6-10-19(22)13-18/h6-7,9-13,16-17H,5,8,14-15H2,1-4H3/t17-/m0/s1. The van der Waals surface area contributed by atoms with E-state index in [2.05, 4.69) is 50.6 Å². The summed E-state index contributed by atoms with van der Waals surface area (Å²) in [6.07, 6.45) is 3.55. The summed E-state index contributed by atoms with van der Waals surface area (Å²) in [7, 11) is 0. The van der Waals surface area contributed by atoms with Gasteiger partial charge in [-0.05, 0) is 49.1 Å². The van der Waals surface area contributed by atoms with Crippen LogP contribution in [0.4, 0.5) is 0 Å². The Morgan fingerprint density at radius 1 is 1.20 bits per heavy atom. The molecule has 136 valence electrons. The molecular formula is C21H29ClN2O. The Kier molecular flexibility index (Phi) is 7.12. The molecule has 1 aromatic heterocycles. The molecule has 1 aromatic carbocycles. The van der Waals surface area contributed by atoms with E-state index in [1.807, 2.05) is 29.2 Å². The van der Waals surface area contributed by atoms with Gasteiger partial charge in [-0.15, -0.1) is 0 Å². The van der Waals surface area contributed by atoms with Gasteiger partial charge in [0, 0.05) is 35.9 Å². The quantitative estimate of drug-likeness (QED) is 0.621. The van der Waals surface area contributed by atoms with E-state index in [-0.39, 0.29) is 11.9 Å². The highest BCUT2D eigenvalue weighted by Gasteiger charge is 2.23. The molecule has 1 amide bonds. The summed E-state index contributed by atoms with van der Waals surface area (Å²) in [6, 6.07) is 12.3. The lowest BCUT2D eigenvalue weighted by atomic mass is 10.0. The van der Waals surface area contributed by atoms with Crippen molar-refractivity contribution in [2.45, 2.75) is 59.7 Å². The molecule has 0 N–H and O–H groups in total. The summed E-state index contributed by atoms with van der Waals surface area (Å²) in [6.45, 7) is 9.94. The SMILES string of the molecule is CCCC(=O)N(Cc1cccn1Cc1cccc(Cl)c1)[C@@H](C)C(C)C. The second-order valence-corrected chi connectivity index (χ2v) is 7.45. The summed E-state index contributed by atoms with van der Waals surface area (Å²) in [4.78, 5) is 14.7. The van der Waals surface area contributed by atoms with Crippen molar-refractivity contribution in [2.75, 3.05) is 0 Å². The van der Waals surface area contributed by atoms with Gasteiger partial charge in [0.15, 0.2) is 0 Å². The number of nitrogens with zero attached hydrogens (tertiary/aromatic N) is 2. The van der Waals surface area contributed by atoms with Crippen LogP contribution < -0.4 is 0 Å². The van der Waals surface area contributed by atoms with E-state index in [9.17, 15) is 4.79 Å². The summed E-state index contributed by atoms with van der Waals surface area (Å²) >= 11 is 6.10. The van der Waals surface area contributed by atoms with Gasteiger partial charge >= 0.3 is 0 Å². The van der Waals surface area contributed by atoms with Crippen LogP contribution in [0.15, 0.2) is 42.6 Å². The normalized spacial score (nSPS) is 12.4. The fourth-order valence-corrected chi connectivity index (χ4v) is 3.14. The third-order valence-corrected chi connectivity index (χ3v) is 4.97. The Morgan fingerprint density at radius 2 is 1.96 bits per heavy atom. The minimum atomic E-state index is 0.216. The van der Waals surface area contributed by atoms with Crippen LogP contribution in [-0.4, -0.2) is 21.4 Å². The first-order valence-electron chi connectivity index (χ1n) is 9.10. The first-order valence-corrected chi connectivity index (χ1v) is 9.48. The van der Waals surface area contributed by atoms with Gasteiger partial charge < -0.3 is 9.47 Å². The van der Waals surface area contributed by atoms with Crippen molar-refractivity contribution in [2.24, 2.45) is 5.92 Å². The molecule has 2 aromatic rings. The third-order valence-electron chi connectivity index (χ3n) is 4.74. The average molecular weight is 361 g/mol. The molecule has 0 bridgehead atoms. The van der Waals surface area contributed by atoms with Crippen molar-refractivity contribution in [3.8, 4) is 0 Å². The lowest BCUT2D eigenvalue weighted by Crippen LogP contribution is -2.41. The summed E-state index contributed by atoms with van der Waals surface area (Å²) in [5.41, 5.74) is 2.31. The molecule has 2 rings (SSSR count). The average Bonchev–Trinajstić information content (AvgIpc) is 2.99. The minimum absolute atomic E-state index is 0.216. The Balaban J connectivity index is 2.19. The maximum atomic E-state index is 12.6. The Bertz CT molecular complexity index is 693. The van der Waals surface area contributed by atoms with E-state index in [0.29, 0.717) is 18.9 Å². The van der Waals surface area contributed by atoms with Gasteiger partial charge in [0.1, 0.15) is 0 Å². The fraction of sp³-hybridized carbons (Fsp3) is 0.476. The zero-order valence-electron chi connectivity index (χ0n) is 15.7. The lowest BCUT2D eigenvalue weighted by molar-refractivity contribution is -0.135. The number of hydrogen-bond acceptors (Lipinski definition) is 1. The van der Waals surface area contributed by atoms with Crippen molar-refractivity contribution < 1.29 is 4.79 Å². The van der Waals surface area contributed by atoms with Gasteiger partial charge in [-0.25, -0.2) is 0 Å². The molecule has 0 fully saturated rings. The van der Waals surface area contributed by atoms with Gasteiger partial charge in [0.05, 0.1) is 6.54 Å². The maximum Gasteiger partial charge on any atom is 0.223 e. The predicted molar refractivity (Wildman–Crippen MR) is 105 cm³/mol. The van der Waals surface area contributed by atoms with E-state index in [1.165, 1.54) is 0 Å². The number of amides is 1. The van der Waals surface area contributed by atoms with Gasteiger partial charge in [0.2, 0.25) is 5.91 Å². The highest BCUT2D eigenvalue weighted by atomic mass is 35.5. The molecule has 0 aliphatic carbocycles. The second kappa shape index (κ2) is 9.10. The van der Waals surface area contributed by atoms with Gasteiger partial charge in [-0.1, -0.05) is 44.5 Å². The van der Waals surface area contributed by atoms with Crippen LogP contribution in [0.3, 0.4) is 0 Å². The monoisotopic (exact) mass is 360 g/mol. The van der Waals surface area contributed by atoms with E-state index in [0.717, 1.165) is 29.2 Å². The highest BCUT2D eigenvalue weighted by molar-refractivity contribution is 6.30. The molecule has 4 heteroatoms. The van der Waals surface area contributed by atoms with Crippen molar-refractivity contribution in [3.05, 3.63) is 58.9 Å². The van der Waals surface area contributed by atoms with Crippen molar-refractivity contribution >= 4 is 17.5 Å². The molecule has 1 atom stereocenters. The van der Waals surface area contributed by atoms with Gasteiger partial charge in [0.25, 0.3) is 0 Å². The van der Waals surface area contributed by atoms with Crippen LogP contribution >= 0.6 is 11.6 Å². The molecule has 0 saturated carbocycles. The summed E-state index contributed by atoms with van der Waals surface area (Å²) < 4.78 is 2.20. The fourth-order valence-electron chi connectivity index (χ4n) is 2.93. The highest BCUT2D eigenvalue weighted by Crippen LogP contribution is 2.19. The van der Waals surface area contributed by atoms with Crippen LogP contribution in [0.1, 0.15) is 51.8 Å². The molecule has 0 aliphatic heterocycles. The summed E-state index contributed by atoms with van der Waals surface area (Å²) in [5, 5.41) is 0.749. The number of benzene rings is 1. The Labute approximate surface area is 156 Å². The number of carbonyl (C=O) groups excluding carboxylic acids is 1. The maximum absolute atomic E-state index is 12.6. The molecule has 3 nitrogen and oxygen atoms in total. The van der Waals surface area contributed by atoms with Crippen molar-refractivity contribution in [1.82, 2.24) is 9.47 Å². The zero-order chi connectivity index (χ0) is 18.4. The van der Waals surface area contributed by atoms with Crippen molar-refractivity contribution in [3.63, 3.8) is 0 Å². The minimum Gasteiger partial charge on any atom is -0.345 e. The number of aromatic nitrogens is 1. The van der Waals surface area contributed by atoms with Gasteiger partial charge in [-0.2, -0.15) is 0 Å². The van der Waals surface area contributed by atoms with Gasteiger partial charge in [-0.3, -0.25) is 4.79 Å². The molecule has 0 aliphatic rings. The third kappa shape index (κ3) is 5.37. The number of halogens is 1. The molecule has 1 heterocycles. The molecule has 0 saturated heterocycles. The Morgan fingerprint density at radius 3 is 2.60 bits per heavy atom. The second-order valence-electron chi connectivity index (χ2n) is 7.01. The molecule has 0 radical (unpaired) electrons. The number of hydrogen-bond donors (Lipinski definition) is 0. The van der Waals surface area contributed by atoms with Crippen LogP contribution in [-0.2, 0) is 17.9 Å². The summed E-state index contributed by atoms with van der Waals surface area (Å²) in [5.74, 6) is 0.663. The molecule has 0 spiro atoms. The topological polar surface area (TPSA) is 25.2 Å². The first-order chi connectivity index (χ1) is 11.9. The van der Waals surface area contributed by atoms with E-state index in [1.54, 1.807) is 0 Å². The van der Waals surface area contributed by atoms with Crippen LogP contribution in [0, 0.1) is 5.92 Å². The van der Waals surface area contributed by atoms with Crippen LogP contribution in [0.2, 0.25) is 5.02 Å². The smallest absolute Gasteiger partial charge is 0.223 e. The lowest BCUT2D eigenvalue weighted by Gasteiger charge is -2.32. The van der Waals surface area contributed by atoms with Crippen molar-refractivity contribution in [1.29, 1.82) is 0 Å². The number of rotatable bonds is 8. The zero-order valence-corrected chi connectivity index (χ0v) is 16.5. The van der Waals surface area contributed by atoms with Crippen LogP contribution in [0.25, 0.3) is 0 Å². The van der Waals surface area contributed by atoms with Crippen LogP contribution in [0.5, 0.6) is 0 Å². The predicted octanol–water partition coefficient (Wildman–Crippen LogP) is 5.36. The molecular weight excluding hydrogens is 332 g/mol. The Hall–Kier alpha value is -1.74. The van der Waals surface area contributed by atoms with E-state index in [4.69, 9.17) is 11.6 Å².